The average molecular weight is 360 g/mol. The van der Waals surface area contributed by atoms with E-state index in [0.29, 0.717) is 12.1 Å². The Bertz CT molecular complexity index is 980. The number of hydrogen-bond donors (Lipinski definition) is 1. The van der Waals surface area contributed by atoms with Gasteiger partial charge >= 0.3 is 4.87 Å². The second-order valence-corrected chi connectivity index (χ2v) is 6.54. The molecule has 2 aromatic carbocycles. The van der Waals surface area contributed by atoms with Crippen molar-refractivity contribution in [2.45, 2.75) is 19.4 Å². The number of aromatic nitrogens is 1. The second kappa shape index (κ2) is 7.06. The fourth-order valence-electron chi connectivity index (χ4n) is 2.45. The lowest BCUT2D eigenvalue weighted by atomic mass is 10.2. The number of hydrogen-bond acceptors (Lipinski definition) is 4. The van der Waals surface area contributed by atoms with E-state index in [1.54, 1.807) is 48.9 Å². The third-order valence-corrected chi connectivity index (χ3v) is 4.82. The Kier molecular flexibility index (Phi) is 4.85. The summed E-state index contributed by atoms with van der Waals surface area (Å²) < 4.78 is 21.5. The normalized spacial score (nSPS) is 12.1. The van der Waals surface area contributed by atoms with Crippen LogP contribution in [0.1, 0.15) is 13.3 Å². The van der Waals surface area contributed by atoms with Crippen LogP contribution in [-0.4, -0.2) is 16.6 Å². The van der Waals surface area contributed by atoms with Crippen LogP contribution in [0.15, 0.2) is 47.3 Å². The number of nitrogens with zero attached hydrogens (tertiary/aromatic N) is 1. The number of para-hydroxylation sites is 1. The molecule has 7 heteroatoms. The molecule has 1 amide bonds. The minimum atomic E-state index is -0.817. The Hall–Kier alpha value is -2.67. The molecule has 3 rings (SSSR count). The summed E-state index contributed by atoms with van der Waals surface area (Å²) in [6.45, 7) is 1.79. The van der Waals surface area contributed by atoms with E-state index in [4.69, 9.17) is 4.74 Å². The van der Waals surface area contributed by atoms with E-state index in [0.717, 1.165) is 21.6 Å². The first-order chi connectivity index (χ1) is 12.0. The lowest BCUT2D eigenvalue weighted by molar-refractivity contribution is -0.122. The van der Waals surface area contributed by atoms with Gasteiger partial charge in [0.15, 0.2) is 17.7 Å². The number of rotatable bonds is 5. The monoisotopic (exact) mass is 360 g/mol. The van der Waals surface area contributed by atoms with Crippen molar-refractivity contribution in [1.29, 1.82) is 0 Å². The Morgan fingerprint density at radius 2 is 2.08 bits per heavy atom. The van der Waals surface area contributed by atoms with Crippen molar-refractivity contribution in [2.75, 3.05) is 5.32 Å². The maximum Gasteiger partial charge on any atom is 0.307 e. The van der Waals surface area contributed by atoms with Crippen molar-refractivity contribution in [3.05, 3.63) is 57.9 Å². The van der Waals surface area contributed by atoms with Crippen molar-refractivity contribution in [1.82, 2.24) is 4.57 Å². The fraction of sp³-hybridized carbons (Fsp3) is 0.222. The molecule has 1 heterocycles. The molecule has 5 nitrogen and oxygen atoms in total. The summed E-state index contributed by atoms with van der Waals surface area (Å²) in [4.78, 5) is 24.1. The summed E-state index contributed by atoms with van der Waals surface area (Å²) in [5.74, 6) is -0.834. The highest BCUT2D eigenvalue weighted by Gasteiger charge is 2.20. The maximum absolute atomic E-state index is 13.7. The van der Waals surface area contributed by atoms with Crippen LogP contribution in [0.4, 0.5) is 10.1 Å². The Labute approximate surface area is 147 Å². The van der Waals surface area contributed by atoms with Gasteiger partial charge in [0, 0.05) is 12.7 Å². The molecule has 1 N–H and O–H groups in total. The third kappa shape index (κ3) is 3.56. The highest BCUT2D eigenvalue weighted by Crippen LogP contribution is 2.22. The molecule has 0 bridgehead atoms. The topological polar surface area (TPSA) is 60.3 Å². The molecule has 130 valence electrons. The van der Waals surface area contributed by atoms with Crippen LogP contribution in [0.2, 0.25) is 0 Å². The molecule has 25 heavy (non-hydrogen) atoms. The number of carbonyl (C=O) groups is 1. The van der Waals surface area contributed by atoms with Gasteiger partial charge in [-0.2, -0.15) is 0 Å². The van der Waals surface area contributed by atoms with Crippen LogP contribution >= 0.6 is 11.3 Å². The quantitative estimate of drug-likeness (QED) is 0.757. The van der Waals surface area contributed by atoms with Gasteiger partial charge in [-0.05, 0) is 36.8 Å². The lowest BCUT2D eigenvalue weighted by Gasteiger charge is -2.17. The van der Waals surface area contributed by atoms with Gasteiger partial charge in [0.25, 0.3) is 5.91 Å². The SMILES string of the molecule is CCC(Oc1ccccc1F)C(=O)Nc1ccc2c(c1)sc(=O)n2C. The van der Waals surface area contributed by atoms with Gasteiger partial charge in [-0.1, -0.05) is 30.4 Å². The summed E-state index contributed by atoms with van der Waals surface area (Å²) in [7, 11) is 1.70. The molecule has 0 aliphatic rings. The second-order valence-electron chi connectivity index (χ2n) is 5.54. The summed E-state index contributed by atoms with van der Waals surface area (Å²) in [6.07, 6.45) is -0.428. The molecule has 0 saturated carbocycles. The predicted molar refractivity (Wildman–Crippen MR) is 96.8 cm³/mol. The van der Waals surface area contributed by atoms with Gasteiger partial charge < -0.3 is 14.6 Å². The average Bonchev–Trinajstić information content (AvgIpc) is 2.88. The summed E-state index contributed by atoms with van der Waals surface area (Å²) in [5, 5.41) is 2.76. The zero-order chi connectivity index (χ0) is 18.0. The minimum Gasteiger partial charge on any atom is -0.478 e. The van der Waals surface area contributed by atoms with Crippen molar-refractivity contribution in [3.63, 3.8) is 0 Å². The fourth-order valence-corrected chi connectivity index (χ4v) is 3.37. The van der Waals surface area contributed by atoms with E-state index in [-0.39, 0.29) is 16.5 Å². The van der Waals surface area contributed by atoms with Crippen LogP contribution in [0.25, 0.3) is 10.2 Å². The number of halogens is 1. The summed E-state index contributed by atoms with van der Waals surface area (Å²) in [6, 6.07) is 11.2. The summed E-state index contributed by atoms with van der Waals surface area (Å²) >= 11 is 1.11. The molecular weight excluding hydrogens is 343 g/mol. The number of thiazole rings is 1. The maximum atomic E-state index is 13.7. The number of anilines is 1. The number of nitrogens with one attached hydrogen (secondary N) is 1. The van der Waals surface area contributed by atoms with E-state index in [9.17, 15) is 14.0 Å². The minimum absolute atomic E-state index is 0.0428. The standard InChI is InChI=1S/C18H17FN2O3S/c1-3-14(24-15-7-5-4-6-12(15)19)17(22)20-11-8-9-13-16(10-11)25-18(23)21(13)2/h4-10,14H,3H2,1-2H3,(H,20,22). The molecule has 0 radical (unpaired) electrons. The van der Waals surface area contributed by atoms with Gasteiger partial charge in [-0.3, -0.25) is 9.59 Å². The molecule has 0 saturated heterocycles. The first-order valence-corrected chi connectivity index (χ1v) is 8.63. The lowest BCUT2D eigenvalue weighted by Crippen LogP contribution is -2.32. The van der Waals surface area contributed by atoms with Gasteiger partial charge in [0.05, 0.1) is 10.2 Å². The zero-order valence-electron chi connectivity index (χ0n) is 13.8. The number of carbonyl (C=O) groups excluding carboxylic acids is 1. The third-order valence-electron chi connectivity index (χ3n) is 3.83. The number of aryl methyl sites for hydroxylation is 1. The van der Waals surface area contributed by atoms with Crippen LogP contribution in [0, 0.1) is 5.82 Å². The number of benzene rings is 2. The Balaban J connectivity index is 1.78. The van der Waals surface area contributed by atoms with E-state index < -0.39 is 11.9 Å². The highest BCUT2D eigenvalue weighted by atomic mass is 32.1. The van der Waals surface area contributed by atoms with Gasteiger partial charge in [0.1, 0.15) is 0 Å². The van der Waals surface area contributed by atoms with Gasteiger partial charge in [-0.15, -0.1) is 0 Å². The van der Waals surface area contributed by atoms with E-state index >= 15 is 0 Å². The van der Waals surface area contributed by atoms with Gasteiger partial charge in [0.2, 0.25) is 0 Å². The Morgan fingerprint density at radius 3 is 2.80 bits per heavy atom. The largest absolute Gasteiger partial charge is 0.478 e. The highest BCUT2D eigenvalue weighted by molar-refractivity contribution is 7.16. The van der Waals surface area contributed by atoms with Crippen LogP contribution in [-0.2, 0) is 11.8 Å². The number of fused-ring (bicyclic) bond motifs is 1. The molecule has 0 fully saturated rings. The first kappa shape index (κ1) is 17.2. The van der Waals surface area contributed by atoms with Crippen LogP contribution in [0.5, 0.6) is 5.75 Å². The first-order valence-electron chi connectivity index (χ1n) is 7.81. The van der Waals surface area contributed by atoms with Gasteiger partial charge in [-0.25, -0.2) is 4.39 Å². The smallest absolute Gasteiger partial charge is 0.307 e. The van der Waals surface area contributed by atoms with E-state index in [1.807, 2.05) is 0 Å². The van der Waals surface area contributed by atoms with Crippen molar-refractivity contribution < 1.29 is 13.9 Å². The predicted octanol–water partition coefficient (Wildman–Crippen LogP) is 3.54. The molecular formula is C18H17FN2O3S. The molecule has 0 aliphatic heterocycles. The summed E-state index contributed by atoms with van der Waals surface area (Å²) in [5.41, 5.74) is 1.37. The van der Waals surface area contributed by atoms with Crippen LogP contribution < -0.4 is 14.9 Å². The number of amides is 1. The molecule has 3 aromatic rings. The van der Waals surface area contributed by atoms with E-state index in [2.05, 4.69) is 5.32 Å². The van der Waals surface area contributed by atoms with Crippen molar-refractivity contribution >= 4 is 33.1 Å². The van der Waals surface area contributed by atoms with Crippen molar-refractivity contribution in [3.8, 4) is 5.75 Å². The molecule has 0 aliphatic carbocycles. The van der Waals surface area contributed by atoms with Crippen molar-refractivity contribution in [2.24, 2.45) is 7.05 Å². The molecule has 0 spiro atoms. The molecule has 1 atom stereocenters. The van der Waals surface area contributed by atoms with E-state index in [1.165, 1.54) is 12.1 Å². The molecule has 1 aromatic heterocycles. The number of ether oxygens (including phenoxy) is 1. The van der Waals surface area contributed by atoms with Crippen LogP contribution in [0.3, 0.4) is 0 Å². The molecule has 1 unspecified atom stereocenters. The zero-order valence-corrected chi connectivity index (χ0v) is 14.6. The Morgan fingerprint density at radius 1 is 1.32 bits per heavy atom.